The van der Waals surface area contributed by atoms with Crippen LogP contribution in [0.4, 0.5) is 0 Å². The molecule has 0 radical (unpaired) electrons. The third-order valence-corrected chi connectivity index (χ3v) is 5.05. The fraction of sp³-hybridized carbons (Fsp3) is 0.333. The van der Waals surface area contributed by atoms with Crippen molar-refractivity contribution in [2.45, 2.75) is 32.4 Å². The van der Waals surface area contributed by atoms with Crippen molar-refractivity contribution in [1.82, 2.24) is 25.0 Å². The summed E-state index contributed by atoms with van der Waals surface area (Å²) in [4.78, 5) is 18.4. The van der Waals surface area contributed by atoms with E-state index in [4.69, 9.17) is 0 Å². The summed E-state index contributed by atoms with van der Waals surface area (Å²) in [5.41, 5.74) is 3.48. The zero-order valence-electron chi connectivity index (χ0n) is 15.7. The Kier molecular flexibility index (Phi) is 4.81. The lowest BCUT2D eigenvalue weighted by molar-refractivity contribution is 0.0621. The predicted octanol–water partition coefficient (Wildman–Crippen LogP) is 3.08. The summed E-state index contributed by atoms with van der Waals surface area (Å²) in [6.07, 6.45) is 4.78. The first kappa shape index (κ1) is 17.5. The molecule has 3 aromatic rings. The fourth-order valence-corrected chi connectivity index (χ4v) is 3.71. The largest absolute Gasteiger partial charge is 0.350 e. The molecule has 140 valence electrons. The zero-order chi connectivity index (χ0) is 18.8. The van der Waals surface area contributed by atoms with E-state index in [1.807, 2.05) is 64.4 Å². The van der Waals surface area contributed by atoms with Crippen molar-refractivity contribution in [2.24, 2.45) is 0 Å². The number of H-pyrrole nitrogens is 1. The second-order valence-corrected chi connectivity index (χ2v) is 7.25. The van der Waals surface area contributed by atoms with Crippen LogP contribution in [-0.4, -0.2) is 50.7 Å². The van der Waals surface area contributed by atoms with Gasteiger partial charge in [0.05, 0.1) is 11.9 Å². The minimum atomic E-state index is 0.0559. The summed E-state index contributed by atoms with van der Waals surface area (Å²) in [6, 6.07) is 14.2. The van der Waals surface area contributed by atoms with E-state index in [-0.39, 0.29) is 18.0 Å². The van der Waals surface area contributed by atoms with Gasteiger partial charge < -0.3 is 15.2 Å². The van der Waals surface area contributed by atoms with Gasteiger partial charge in [-0.1, -0.05) is 18.2 Å². The van der Waals surface area contributed by atoms with E-state index in [9.17, 15) is 4.79 Å². The molecule has 0 bridgehead atoms. The number of nitrogens with one attached hydrogen (secondary N) is 2. The van der Waals surface area contributed by atoms with Gasteiger partial charge in [0.25, 0.3) is 5.91 Å². The maximum absolute atomic E-state index is 13.1. The molecule has 4 rings (SSSR count). The Hall–Kier alpha value is -2.86. The highest BCUT2D eigenvalue weighted by molar-refractivity contribution is 5.94. The van der Waals surface area contributed by atoms with Crippen LogP contribution in [0.1, 0.15) is 30.8 Å². The number of nitrogens with zero attached hydrogens (tertiary/aromatic N) is 3. The second kappa shape index (κ2) is 7.40. The minimum absolute atomic E-state index is 0.0559. The molecule has 1 saturated heterocycles. The smallest absolute Gasteiger partial charge is 0.270 e. The Morgan fingerprint density at radius 1 is 1.22 bits per heavy atom. The van der Waals surface area contributed by atoms with E-state index in [1.54, 1.807) is 0 Å². The molecule has 2 N–H and O–H groups in total. The summed E-state index contributed by atoms with van der Waals surface area (Å²) in [5, 5.41) is 7.78. The average molecular weight is 363 g/mol. The highest BCUT2D eigenvalue weighted by atomic mass is 16.2. The summed E-state index contributed by atoms with van der Waals surface area (Å²) < 4.78 is 1.84. The maximum atomic E-state index is 13.1. The molecule has 0 aliphatic carbocycles. The molecule has 0 saturated carbocycles. The highest BCUT2D eigenvalue weighted by Crippen LogP contribution is 2.22. The topological polar surface area (TPSA) is 66.0 Å². The van der Waals surface area contributed by atoms with Crippen LogP contribution in [0.25, 0.3) is 16.9 Å². The lowest BCUT2D eigenvalue weighted by atomic mass is 10.1. The van der Waals surface area contributed by atoms with Crippen LogP contribution < -0.4 is 5.32 Å². The van der Waals surface area contributed by atoms with Gasteiger partial charge in [-0.3, -0.25) is 4.79 Å². The first-order valence-electron chi connectivity index (χ1n) is 9.46. The SMILES string of the molecule is CC(C)N(C(=O)c1ccc(-c2cnn(-c3ccccc3)c2)[nH]1)[C@@H]1CCNC1. The average Bonchev–Trinajstić information content (AvgIpc) is 3.42. The molecular formula is C21H25N5O. The predicted molar refractivity (Wildman–Crippen MR) is 106 cm³/mol. The van der Waals surface area contributed by atoms with Crippen LogP contribution in [0.3, 0.4) is 0 Å². The molecule has 0 spiro atoms. The minimum Gasteiger partial charge on any atom is -0.350 e. The van der Waals surface area contributed by atoms with E-state index in [1.165, 1.54) is 0 Å². The maximum Gasteiger partial charge on any atom is 0.270 e. The molecular weight excluding hydrogens is 338 g/mol. The van der Waals surface area contributed by atoms with Crippen molar-refractivity contribution < 1.29 is 4.79 Å². The van der Waals surface area contributed by atoms with Crippen LogP contribution >= 0.6 is 0 Å². The van der Waals surface area contributed by atoms with Gasteiger partial charge in [-0.2, -0.15) is 5.10 Å². The Morgan fingerprint density at radius 3 is 2.74 bits per heavy atom. The Bertz CT molecular complexity index is 906. The highest BCUT2D eigenvalue weighted by Gasteiger charge is 2.30. The number of hydrogen-bond acceptors (Lipinski definition) is 3. The van der Waals surface area contributed by atoms with Crippen molar-refractivity contribution in [3.05, 3.63) is 60.6 Å². The Labute approximate surface area is 159 Å². The summed E-state index contributed by atoms with van der Waals surface area (Å²) in [7, 11) is 0. The van der Waals surface area contributed by atoms with Gasteiger partial charge >= 0.3 is 0 Å². The van der Waals surface area contributed by atoms with Gasteiger partial charge in [-0.25, -0.2) is 4.68 Å². The molecule has 0 unspecified atom stereocenters. The number of hydrogen-bond donors (Lipinski definition) is 2. The third-order valence-electron chi connectivity index (χ3n) is 5.05. The number of aromatic nitrogens is 3. The van der Waals surface area contributed by atoms with Crippen molar-refractivity contribution >= 4 is 5.91 Å². The summed E-state index contributed by atoms with van der Waals surface area (Å²) in [5.74, 6) is 0.0559. The monoisotopic (exact) mass is 363 g/mol. The van der Waals surface area contributed by atoms with Crippen molar-refractivity contribution in [3.8, 4) is 16.9 Å². The molecule has 6 nitrogen and oxygen atoms in total. The van der Waals surface area contributed by atoms with E-state index in [0.717, 1.165) is 36.5 Å². The van der Waals surface area contributed by atoms with Gasteiger partial charge in [-0.05, 0) is 51.1 Å². The molecule has 3 heterocycles. The lowest BCUT2D eigenvalue weighted by Crippen LogP contribution is -2.46. The quantitative estimate of drug-likeness (QED) is 0.732. The molecule has 1 amide bonds. The van der Waals surface area contributed by atoms with Crippen molar-refractivity contribution in [1.29, 1.82) is 0 Å². The standard InChI is InChI=1S/C21H25N5O/c1-15(2)26(18-10-11-22-13-18)21(27)20-9-8-19(24-20)16-12-23-25(14-16)17-6-4-3-5-7-17/h3-9,12,14-15,18,22,24H,10-11,13H2,1-2H3/t18-/m1/s1. The number of carbonyl (C=O) groups excluding carboxylic acids is 1. The fourth-order valence-electron chi connectivity index (χ4n) is 3.71. The summed E-state index contributed by atoms with van der Waals surface area (Å²) >= 11 is 0. The van der Waals surface area contributed by atoms with Gasteiger partial charge in [-0.15, -0.1) is 0 Å². The van der Waals surface area contributed by atoms with Gasteiger partial charge in [0.2, 0.25) is 0 Å². The van der Waals surface area contributed by atoms with Crippen LogP contribution in [0, 0.1) is 0 Å². The molecule has 1 aliphatic rings. The van der Waals surface area contributed by atoms with Crippen LogP contribution in [0.5, 0.6) is 0 Å². The number of rotatable bonds is 5. The number of benzene rings is 1. The summed E-state index contributed by atoms with van der Waals surface area (Å²) in [6.45, 7) is 5.98. The van der Waals surface area contributed by atoms with Crippen LogP contribution in [-0.2, 0) is 0 Å². The number of carbonyl (C=O) groups is 1. The number of aromatic amines is 1. The molecule has 1 aromatic carbocycles. The first-order chi connectivity index (χ1) is 13.1. The van der Waals surface area contributed by atoms with E-state index in [0.29, 0.717) is 5.69 Å². The van der Waals surface area contributed by atoms with Crippen molar-refractivity contribution in [2.75, 3.05) is 13.1 Å². The molecule has 1 aliphatic heterocycles. The third kappa shape index (κ3) is 3.53. The normalized spacial score (nSPS) is 16.8. The molecule has 1 atom stereocenters. The lowest BCUT2D eigenvalue weighted by Gasteiger charge is -2.32. The van der Waals surface area contributed by atoms with Gasteiger partial charge in [0, 0.05) is 36.1 Å². The van der Waals surface area contributed by atoms with Crippen molar-refractivity contribution in [3.63, 3.8) is 0 Å². The number of amides is 1. The Morgan fingerprint density at radius 2 is 2.04 bits per heavy atom. The van der Waals surface area contributed by atoms with Crippen LogP contribution in [0.2, 0.25) is 0 Å². The van der Waals surface area contributed by atoms with Crippen LogP contribution in [0.15, 0.2) is 54.9 Å². The van der Waals surface area contributed by atoms with E-state index < -0.39 is 0 Å². The molecule has 27 heavy (non-hydrogen) atoms. The van der Waals surface area contributed by atoms with Gasteiger partial charge in [0.15, 0.2) is 0 Å². The molecule has 2 aromatic heterocycles. The Balaban J connectivity index is 1.56. The molecule has 1 fully saturated rings. The molecule has 6 heteroatoms. The van der Waals surface area contributed by atoms with E-state index in [2.05, 4.69) is 29.2 Å². The zero-order valence-corrected chi connectivity index (χ0v) is 15.7. The van der Waals surface area contributed by atoms with E-state index >= 15 is 0 Å². The first-order valence-corrected chi connectivity index (χ1v) is 9.46. The second-order valence-electron chi connectivity index (χ2n) is 7.25. The van der Waals surface area contributed by atoms with Gasteiger partial charge in [0.1, 0.15) is 5.69 Å². The number of para-hydroxylation sites is 1.